The number of benzene rings is 1. The van der Waals surface area contributed by atoms with E-state index < -0.39 is 0 Å². The molecule has 1 heterocycles. The highest BCUT2D eigenvalue weighted by Crippen LogP contribution is 2.14. The number of aromatic nitrogens is 2. The number of amidine groups is 1. The maximum absolute atomic E-state index is 13.3. The minimum atomic E-state index is -0.341. The summed E-state index contributed by atoms with van der Waals surface area (Å²) in [5.41, 5.74) is 6.25. The van der Waals surface area contributed by atoms with E-state index in [4.69, 9.17) is 11.1 Å². The van der Waals surface area contributed by atoms with Crippen LogP contribution in [0.15, 0.2) is 28.0 Å². The number of anilines is 2. The summed E-state index contributed by atoms with van der Waals surface area (Å²) in [7, 11) is 1.61. The van der Waals surface area contributed by atoms with Gasteiger partial charge in [-0.2, -0.15) is 0 Å². The first-order chi connectivity index (χ1) is 11.5. The van der Waals surface area contributed by atoms with Crippen molar-refractivity contribution in [3.63, 3.8) is 0 Å². The van der Waals surface area contributed by atoms with Crippen LogP contribution in [0.2, 0.25) is 0 Å². The van der Waals surface area contributed by atoms with Gasteiger partial charge in [0.25, 0.3) is 0 Å². The number of hydrogen-bond donors (Lipinski definition) is 6. The van der Waals surface area contributed by atoms with Crippen LogP contribution in [0.4, 0.5) is 15.9 Å². The Labute approximate surface area is 137 Å². The first-order valence-corrected chi connectivity index (χ1v) is 6.91. The Kier molecular flexibility index (Phi) is 5.55. The van der Waals surface area contributed by atoms with Crippen molar-refractivity contribution in [3.05, 3.63) is 29.7 Å². The molecule has 0 atom stereocenters. The molecule has 0 saturated heterocycles. The number of guanidine groups is 1. The number of rotatable bonds is 6. The van der Waals surface area contributed by atoms with Gasteiger partial charge in [0.2, 0.25) is 11.7 Å². The van der Waals surface area contributed by atoms with Crippen LogP contribution in [0, 0.1) is 11.2 Å². The molecule has 0 aliphatic carbocycles. The van der Waals surface area contributed by atoms with E-state index >= 15 is 0 Å². The normalized spacial score (nSPS) is 11.1. The van der Waals surface area contributed by atoms with Gasteiger partial charge in [0.15, 0.2) is 11.7 Å². The average molecular weight is 334 g/mol. The van der Waals surface area contributed by atoms with Gasteiger partial charge in [-0.1, -0.05) is 10.6 Å². The largest absolute Gasteiger partial charge is 0.409 e. The van der Waals surface area contributed by atoms with Crippen molar-refractivity contribution in [1.82, 2.24) is 15.6 Å². The third kappa shape index (κ3) is 4.35. The lowest BCUT2D eigenvalue weighted by Crippen LogP contribution is -2.34. The third-order valence-electron chi connectivity index (χ3n) is 2.97. The number of hydrogen-bond acceptors (Lipinski definition) is 7. The fourth-order valence-electron chi connectivity index (χ4n) is 1.83. The first kappa shape index (κ1) is 17.1. The second kappa shape index (κ2) is 7.81. The Hall–Kier alpha value is -3.31. The van der Waals surface area contributed by atoms with Gasteiger partial charge in [0, 0.05) is 18.8 Å². The van der Waals surface area contributed by atoms with E-state index in [0.29, 0.717) is 24.2 Å². The molecule has 1 aromatic carbocycles. The van der Waals surface area contributed by atoms with Gasteiger partial charge in [0.05, 0.1) is 0 Å². The molecule has 10 nitrogen and oxygen atoms in total. The predicted molar refractivity (Wildman–Crippen MR) is 89.2 cm³/mol. The highest BCUT2D eigenvalue weighted by atomic mass is 19.1. The van der Waals surface area contributed by atoms with Gasteiger partial charge in [-0.05, 0) is 28.5 Å². The number of halogens is 1. The smallest absolute Gasteiger partial charge is 0.203 e. The maximum Gasteiger partial charge on any atom is 0.203 e. The van der Waals surface area contributed by atoms with E-state index in [1.165, 1.54) is 12.1 Å². The third-order valence-corrected chi connectivity index (χ3v) is 2.97. The Balaban J connectivity index is 2.07. The van der Waals surface area contributed by atoms with E-state index in [9.17, 15) is 9.60 Å². The van der Waals surface area contributed by atoms with Gasteiger partial charge in [0.1, 0.15) is 13.7 Å². The van der Waals surface area contributed by atoms with Crippen molar-refractivity contribution in [1.29, 1.82) is 5.41 Å². The van der Waals surface area contributed by atoms with E-state index in [0.717, 1.165) is 0 Å². The van der Waals surface area contributed by atoms with Crippen LogP contribution >= 0.6 is 0 Å². The number of nitrogens with two attached hydrogens (primary N) is 1. The quantitative estimate of drug-likeness (QED) is 0.0941. The van der Waals surface area contributed by atoms with Crippen LogP contribution in [-0.4, -0.2) is 48.3 Å². The molecule has 0 saturated carbocycles. The summed E-state index contributed by atoms with van der Waals surface area (Å²) in [4.78, 5) is 0. The van der Waals surface area contributed by atoms with Gasteiger partial charge in [-0.25, -0.2) is 9.02 Å². The van der Waals surface area contributed by atoms with Crippen molar-refractivity contribution in [2.45, 2.75) is 0 Å². The molecule has 0 unspecified atom stereocenters. The van der Waals surface area contributed by atoms with E-state index in [2.05, 4.69) is 36.0 Å². The molecule has 0 radical (unpaired) electrons. The molecule has 24 heavy (non-hydrogen) atoms. The lowest BCUT2D eigenvalue weighted by molar-refractivity contribution is 0.305. The molecule has 0 bridgehead atoms. The molecule has 0 fully saturated rings. The van der Waals surface area contributed by atoms with Gasteiger partial charge in [-0.15, -0.1) is 0 Å². The lowest BCUT2D eigenvalue weighted by Gasteiger charge is -2.09. The number of nitrogens with zero attached hydrogens (tertiary/aromatic N) is 3. The molecule has 7 N–H and O–H groups in total. The molecule has 1 aromatic heterocycles. The topological polar surface area (TPSA) is 157 Å². The Morgan fingerprint density at radius 3 is 2.88 bits per heavy atom. The lowest BCUT2D eigenvalue weighted by atomic mass is 9.95. The summed E-state index contributed by atoms with van der Waals surface area (Å²) in [5.74, 6) is -0.281. The molecule has 2 rings (SSSR count). The summed E-state index contributed by atoms with van der Waals surface area (Å²) in [6.45, 7) is 0.743. The summed E-state index contributed by atoms with van der Waals surface area (Å²) in [6, 6.07) is 4.34. The van der Waals surface area contributed by atoms with E-state index in [-0.39, 0.29) is 29.1 Å². The first-order valence-electron chi connectivity index (χ1n) is 6.91. The Bertz CT molecular complexity index is 750. The van der Waals surface area contributed by atoms with Crippen LogP contribution in [0.25, 0.3) is 0 Å². The fraction of sp³-hybridized carbons (Fsp3) is 0.167. The van der Waals surface area contributed by atoms with Gasteiger partial charge >= 0.3 is 0 Å². The molecule has 0 spiro atoms. The van der Waals surface area contributed by atoms with Crippen LogP contribution in [-0.2, 0) is 0 Å². The fourth-order valence-corrected chi connectivity index (χ4v) is 1.83. The summed E-state index contributed by atoms with van der Waals surface area (Å²) in [5, 5.41) is 35.1. The summed E-state index contributed by atoms with van der Waals surface area (Å²) in [6.07, 6.45) is 0. The number of nitrogens with one attached hydrogen (secondary N) is 4. The molecule has 0 aliphatic heterocycles. The van der Waals surface area contributed by atoms with Crippen molar-refractivity contribution >= 4 is 36.6 Å². The summed E-state index contributed by atoms with van der Waals surface area (Å²) < 4.78 is 17.9. The molecular weight excluding hydrogens is 318 g/mol. The van der Waals surface area contributed by atoms with Gasteiger partial charge in [-0.3, -0.25) is 5.41 Å². The minimum Gasteiger partial charge on any atom is -0.409 e. The van der Waals surface area contributed by atoms with Crippen LogP contribution < -0.4 is 27.1 Å². The number of oxime groups is 1. The van der Waals surface area contributed by atoms with Gasteiger partial charge < -0.3 is 26.9 Å². The molecule has 126 valence electrons. The highest BCUT2D eigenvalue weighted by Gasteiger charge is 2.17. The predicted octanol–water partition coefficient (Wildman–Crippen LogP) is -1.39. The van der Waals surface area contributed by atoms with E-state index in [1.54, 1.807) is 13.9 Å². The zero-order valence-electron chi connectivity index (χ0n) is 12.8. The van der Waals surface area contributed by atoms with E-state index in [1.807, 2.05) is 0 Å². The Morgan fingerprint density at radius 2 is 2.21 bits per heavy atom. The second-order valence-corrected chi connectivity index (χ2v) is 4.77. The molecule has 12 heteroatoms. The Morgan fingerprint density at radius 1 is 1.42 bits per heavy atom. The van der Waals surface area contributed by atoms with Crippen LogP contribution in [0.1, 0.15) is 5.69 Å². The summed E-state index contributed by atoms with van der Waals surface area (Å²) >= 11 is 0. The zero-order valence-corrected chi connectivity index (χ0v) is 12.8. The molecule has 0 amide bonds. The van der Waals surface area contributed by atoms with Crippen molar-refractivity contribution in [2.75, 3.05) is 23.7 Å². The maximum atomic E-state index is 13.3. The van der Waals surface area contributed by atoms with Crippen molar-refractivity contribution in [2.24, 2.45) is 10.9 Å². The molecular formula is C12H16BFN8O2. The zero-order chi connectivity index (χ0) is 17.5. The second-order valence-electron chi connectivity index (χ2n) is 4.77. The molecule has 0 aliphatic rings. The van der Waals surface area contributed by atoms with Crippen molar-refractivity contribution in [3.8, 4) is 0 Å². The average Bonchev–Trinajstić information content (AvgIpc) is 3.00. The highest BCUT2D eigenvalue weighted by molar-refractivity contribution is 6.32. The molecule has 2 aromatic rings. The van der Waals surface area contributed by atoms with Crippen molar-refractivity contribution < 1.29 is 14.2 Å². The van der Waals surface area contributed by atoms with Crippen LogP contribution in [0.5, 0.6) is 0 Å². The standard InChI is InChI=1S/C12H16BFN8O2/c13-7-5-6(1-2-8(7)14)19-11(20-23)9-10(22-24-21-9)17-3-4-18-12(15)16/h1-2,5,23H,3-4,13H2,(H,17,22)(H,19,20)(H4,15,16,18). The minimum absolute atomic E-state index is 0.0238. The monoisotopic (exact) mass is 334 g/mol. The SMILES string of the molecule is Bc1cc(N/C(=N\O)c2nonc2NCCNC(=N)N)ccc1F. The van der Waals surface area contributed by atoms with Crippen LogP contribution in [0.3, 0.4) is 0 Å².